The van der Waals surface area contributed by atoms with E-state index in [4.69, 9.17) is 4.74 Å². The molecule has 1 N–H and O–H groups in total. The first kappa shape index (κ1) is 13.9. The van der Waals surface area contributed by atoms with Crippen LogP contribution in [-0.2, 0) is 11.3 Å². The highest BCUT2D eigenvalue weighted by atomic mass is 127. The summed E-state index contributed by atoms with van der Waals surface area (Å²) in [5.74, 6) is -0.861. The van der Waals surface area contributed by atoms with Crippen LogP contribution in [0.2, 0.25) is 0 Å². The number of rotatable bonds is 4. The standard InChI is InChI=1S/C10H14IN3O3/c1-4-14-7(9(15)12-3)6(8(11)13-14)10(16)17-5-2/h4-5H2,1-3H3,(H,12,15). The van der Waals surface area contributed by atoms with Gasteiger partial charge in [-0.15, -0.1) is 0 Å². The molecule has 0 saturated carbocycles. The third kappa shape index (κ3) is 2.76. The Morgan fingerprint density at radius 3 is 2.59 bits per heavy atom. The molecule has 0 aliphatic heterocycles. The van der Waals surface area contributed by atoms with Gasteiger partial charge in [-0.25, -0.2) is 4.79 Å². The molecule has 17 heavy (non-hydrogen) atoms. The lowest BCUT2D eigenvalue weighted by atomic mass is 10.2. The second-order valence-corrected chi connectivity index (χ2v) is 4.15. The van der Waals surface area contributed by atoms with Crippen molar-refractivity contribution in [3.8, 4) is 0 Å². The predicted octanol–water partition coefficient (Wildman–Crippen LogP) is 1.04. The molecule has 0 unspecified atom stereocenters. The lowest BCUT2D eigenvalue weighted by Gasteiger charge is -2.05. The normalized spacial score (nSPS) is 10.1. The van der Waals surface area contributed by atoms with Gasteiger partial charge in [-0.3, -0.25) is 9.48 Å². The third-order valence-electron chi connectivity index (χ3n) is 2.13. The number of aromatic nitrogens is 2. The van der Waals surface area contributed by atoms with Gasteiger partial charge in [0.1, 0.15) is 15.0 Å². The number of nitrogens with one attached hydrogen (secondary N) is 1. The van der Waals surface area contributed by atoms with Crippen molar-refractivity contribution in [1.82, 2.24) is 15.1 Å². The molecule has 0 aliphatic rings. The van der Waals surface area contributed by atoms with E-state index in [1.165, 1.54) is 11.7 Å². The van der Waals surface area contributed by atoms with Crippen molar-refractivity contribution in [2.24, 2.45) is 0 Å². The van der Waals surface area contributed by atoms with Gasteiger partial charge in [-0.2, -0.15) is 5.10 Å². The summed E-state index contributed by atoms with van der Waals surface area (Å²) >= 11 is 1.92. The van der Waals surface area contributed by atoms with Crippen LogP contribution >= 0.6 is 22.6 Å². The lowest BCUT2D eigenvalue weighted by molar-refractivity contribution is 0.0521. The fraction of sp³-hybridized carbons (Fsp3) is 0.500. The molecule has 0 fully saturated rings. The van der Waals surface area contributed by atoms with Crippen molar-refractivity contribution in [2.75, 3.05) is 13.7 Å². The van der Waals surface area contributed by atoms with Gasteiger partial charge in [-0.05, 0) is 36.4 Å². The summed E-state index contributed by atoms with van der Waals surface area (Å²) in [7, 11) is 1.51. The molecule has 6 nitrogen and oxygen atoms in total. The van der Waals surface area contributed by atoms with Crippen LogP contribution in [0, 0.1) is 3.70 Å². The molecule has 0 aromatic carbocycles. The summed E-state index contributed by atoms with van der Waals surface area (Å²) in [4.78, 5) is 23.5. The zero-order chi connectivity index (χ0) is 13.0. The highest BCUT2D eigenvalue weighted by Gasteiger charge is 2.27. The molecule has 0 atom stereocenters. The summed E-state index contributed by atoms with van der Waals surface area (Å²) in [6.45, 7) is 4.34. The number of hydrogen-bond donors (Lipinski definition) is 1. The van der Waals surface area contributed by atoms with E-state index in [9.17, 15) is 9.59 Å². The fourth-order valence-electron chi connectivity index (χ4n) is 1.39. The van der Waals surface area contributed by atoms with Crippen LogP contribution in [0.15, 0.2) is 0 Å². The second-order valence-electron chi connectivity index (χ2n) is 3.13. The van der Waals surface area contributed by atoms with Crippen LogP contribution in [0.3, 0.4) is 0 Å². The average Bonchev–Trinajstić information content (AvgIpc) is 2.65. The number of halogens is 1. The maximum atomic E-state index is 11.8. The molecule has 0 spiro atoms. The SMILES string of the molecule is CCOC(=O)c1c(I)nn(CC)c1C(=O)NC. The van der Waals surface area contributed by atoms with Crippen molar-refractivity contribution < 1.29 is 14.3 Å². The Morgan fingerprint density at radius 1 is 1.47 bits per heavy atom. The smallest absolute Gasteiger partial charge is 0.343 e. The van der Waals surface area contributed by atoms with Gasteiger partial charge >= 0.3 is 5.97 Å². The maximum absolute atomic E-state index is 11.8. The van der Waals surface area contributed by atoms with Crippen LogP contribution in [0.5, 0.6) is 0 Å². The molecule has 0 saturated heterocycles. The topological polar surface area (TPSA) is 73.2 Å². The molecule has 94 valence electrons. The average molecular weight is 351 g/mol. The lowest BCUT2D eigenvalue weighted by Crippen LogP contribution is -2.25. The summed E-state index contributed by atoms with van der Waals surface area (Å²) in [6, 6.07) is 0. The molecule has 0 aliphatic carbocycles. The van der Waals surface area contributed by atoms with Gasteiger partial charge in [0.2, 0.25) is 0 Å². The highest BCUT2D eigenvalue weighted by Crippen LogP contribution is 2.18. The molecule has 1 heterocycles. The number of carbonyl (C=O) groups is 2. The quantitative estimate of drug-likeness (QED) is 0.650. The van der Waals surface area contributed by atoms with Crippen LogP contribution < -0.4 is 5.32 Å². The largest absolute Gasteiger partial charge is 0.462 e. The van der Waals surface area contributed by atoms with Crippen molar-refractivity contribution in [3.05, 3.63) is 15.0 Å². The Morgan fingerprint density at radius 2 is 2.12 bits per heavy atom. The summed E-state index contributed by atoms with van der Waals surface area (Å²) in [5.41, 5.74) is 0.478. The van der Waals surface area contributed by atoms with E-state index in [2.05, 4.69) is 10.4 Å². The van der Waals surface area contributed by atoms with Gasteiger partial charge in [0.25, 0.3) is 5.91 Å². The number of hydrogen-bond acceptors (Lipinski definition) is 4. The molecule has 0 radical (unpaired) electrons. The Hall–Kier alpha value is -1.12. The number of carbonyl (C=O) groups excluding carboxylic acids is 2. The molecule has 1 aromatic rings. The predicted molar refractivity (Wildman–Crippen MR) is 70.0 cm³/mol. The zero-order valence-corrected chi connectivity index (χ0v) is 12.1. The van der Waals surface area contributed by atoms with E-state index >= 15 is 0 Å². The number of nitrogens with zero attached hydrogens (tertiary/aromatic N) is 2. The minimum Gasteiger partial charge on any atom is -0.462 e. The summed E-state index contributed by atoms with van der Waals surface area (Å²) < 4.78 is 6.89. The van der Waals surface area contributed by atoms with Crippen molar-refractivity contribution in [2.45, 2.75) is 20.4 Å². The monoisotopic (exact) mass is 351 g/mol. The Kier molecular flexibility index (Phi) is 4.91. The van der Waals surface area contributed by atoms with Crippen LogP contribution in [-0.4, -0.2) is 35.3 Å². The number of aryl methyl sites for hydroxylation is 1. The molecule has 1 amide bonds. The molecular weight excluding hydrogens is 337 g/mol. The summed E-state index contributed by atoms with van der Waals surface area (Å²) in [5, 5.41) is 6.64. The van der Waals surface area contributed by atoms with E-state index in [-0.39, 0.29) is 23.8 Å². The minimum atomic E-state index is -0.518. The number of esters is 1. The van der Waals surface area contributed by atoms with E-state index < -0.39 is 5.97 Å². The van der Waals surface area contributed by atoms with Gasteiger partial charge in [0.05, 0.1) is 6.61 Å². The van der Waals surface area contributed by atoms with Gasteiger partial charge < -0.3 is 10.1 Å². The first-order chi connectivity index (χ1) is 8.06. The maximum Gasteiger partial charge on any atom is 0.343 e. The van der Waals surface area contributed by atoms with E-state index in [1.54, 1.807) is 6.92 Å². The van der Waals surface area contributed by atoms with Crippen molar-refractivity contribution >= 4 is 34.5 Å². The van der Waals surface area contributed by atoms with E-state index in [1.807, 2.05) is 29.5 Å². The van der Waals surface area contributed by atoms with Gasteiger partial charge in [0, 0.05) is 13.6 Å². The molecule has 1 rings (SSSR count). The minimum absolute atomic E-state index is 0.230. The highest BCUT2D eigenvalue weighted by molar-refractivity contribution is 14.1. The first-order valence-electron chi connectivity index (χ1n) is 5.22. The van der Waals surface area contributed by atoms with Crippen molar-refractivity contribution in [3.63, 3.8) is 0 Å². The van der Waals surface area contributed by atoms with Crippen molar-refractivity contribution in [1.29, 1.82) is 0 Å². The Balaban J connectivity index is 3.31. The fourth-order valence-corrected chi connectivity index (χ4v) is 2.13. The second kappa shape index (κ2) is 5.99. The van der Waals surface area contributed by atoms with Crippen LogP contribution in [0.4, 0.5) is 0 Å². The number of ether oxygens (including phenoxy) is 1. The third-order valence-corrected chi connectivity index (χ3v) is 2.89. The number of amides is 1. The molecule has 7 heteroatoms. The molecule has 1 aromatic heterocycles. The van der Waals surface area contributed by atoms with Crippen LogP contribution in [0.1, 0.15) is 34.7 Å². The van der Waals surface area contributed by atoms with Gasteiger partial charge in [-0.1, -0.05) is 0 Å². The Labute approximate surface area is 113 Å². The van der Waals surface area contributed by atoms with Gasteiger partial charge in [0.15, 0.2) is 0 Å². The molecular formula is C10H14IN3O3. The van der Waals surface area contributed by atoms with E-state index in [0.717, 1.165) is 0 Å². The Bertz CT molecular complexity index is 442. The molecule has 0 bridgehead atoms. The van der Waals surface area contributed by atoms with Crippen LogP contribution in [0.25, 0.3) is 0 Å². The first-order valence-corrected chi connectivity index (χ1v) is 6.30. The zero-order valence-electron chi connectivity index (χ0n) is 9.91. The summed E-state index contributed by atoms with van der Waals surface area (Å²) in [6.07, 6.45) is 0. The van der Waals surface area contributed by atoms with E-state index in [0.29, 0.717) is 10.2 Å².